The first-order chi connectivity index (χ1) is 7.68. The summed E-state index contributed by atoms with van der Waals surface area (Å²) in [6.45, 7) is 0.969. The number of hydrogen-bond acceptors (Lipinski definition) is 3. The number of benzene rings is 1. The Balaban J connectivity index is 2.11. The van der Waals surface area contributed by atoms with Crippen molar-refractivity contribution in [1.29, 1.82) is 0 Å². The second-order valence-corrected chi connectivity index (χ2v) is 4.26. The van der Waals surface area contributed by atoms with Crippen molar-refractivity contribution in [2.45, 2.75) is 31.7 Å². The van der Waals surface area contributed by atoms with Crippen LogP contribution in [0.3, 0.4) is 0 Å². The Hall–Kier alpha value is -1.29. The molecular weight excluding hydrogens is 209 g/mol. The maximum Gasteiger partial charge on any atom is 0.194 e. The highest BCUT2D eigenvalue weighted by Crippen LogP contribution is 2.30. The first-order valence-corrected chi connectivity index (χ1v) is 5.61. The molecule has 1 saturated heterocycles. The summed E-state index contributed by atoms with van der Waals surface area (Å²) >= 11 is 0. The molecule has 1 fully saturated rings. The number of phenolic OH excluding ortho intramolecular Hbond substituents is 2. The normalized spacial score (nSPS) is 20.9. The van der Waals surface area contributed by atoms with Gasteiger partial charge in [0.1, 0.15) is 0 Å². The summed E-state index contributed by atoms with van der Waals surface area (Å²) in [6.07, 6.45) is 3.91. The van der Waals surface area contributed by atoms with Gasteiger partial charge >= 0.3 is 0 Å². The molecule has 1 heterocycles. The van der Waals surface area contributed by atoms with Crippen LogP contribution in [0.1, 0.15) is 24.8 Å². The minimum absolute atomic E-state index is 0.271. The molecule has 4 heteroatoms. The van der Waals surface area contributed by atoms with Gasteiger partial charge in [0.15, 0.2) is 17.3 Å². The molecule has 16 heavy (non-hydrogen) atoms. The molecule has 0 bridgehead atoms. The van der Waals surface area contributed by atoms with E-state index in [1.165, 1.54) is 18.6 Å². The monoisotopic (exact) mass is 225 g/mol. The van der Waals surface area contributed by atoms with Gasteiger partial charge in [-0.15, -0.1) is 0 Å². The lowest BCUT2D eigenvalue weighted by Crippen LogP contribution is -2.35. The minimum Gasteiger partial charge on any atom is -0.504 e. The number of halogens is 1. The van der Waals surface area contributed by atoms with Crippen LogP contribution in [0.5, 0.6) is 11.5 Å². The zero-order valence-electron chi connectivity index (χ0n) is 9.04. The van der Waals surface area contributed by atoms with Gasteiger partial charge in [-0.2, -0.15) is 0 Å². The molecule has 1 aromatic rings. The van der Waals surface area contributed by atoms with Gasteiger partial charge in [0, 0.05) is 6.04 Å². The Morgan fingerprint density at radius 2 is 2.12 bits per heavy atom. The predicted molar refractivity (Wildman–Crippen MR) is 59.1 cm³/mol. The number of hydrogen-bond donors (Lipinski definition) is 3. The number of nitrogens with one attached hydrogen (secondary N) is 1. The molecule has 1 aliphatic heterocycles. The molecule has 0 spiro atoms. The van der Waals surface area contributed by atoms with E-state index in [0.717, 1.165) is 19.4 Å². The SMILES string of the molecule is Oc1ccc(CC2CCCCN2)c(F)c1O. The molecule has 0 amide bonds. The van der Waals surface area contributed by atoms with Crippen LogP contribution in [0.25, 0.3) is 0 Å². The van der Waals surface area contributed by atoms with Gasteiger partial charge in [-0.3, -0.25) is 0 Å². The van der Waals surface area contributed by atoms with E-state index in [1.54, 1.807) is 0 Å². The standard InChI is InChI=1S/C12H16FNO2/c13-11-8(4-5-10(15)12(11)16)7-9-3-1-2-6-14-9/h4-5,9,14-16H,1-3,6-7H2. The zero-order chi connectivity index (χ0) is 11.5. The van der Waals surface area contributed by atoms with E-state index in [2.05, 4.69) is 5.32 Å². The van der Waals surface area contributed by atoms with Crippen molar-refractivity contribution in [2.24, 2.45) is 0 Å². The van der Waals surface area contributed by atoms with Gasteiger partial charge in [0.25, 0.3) is 0 Å². The predicted octanol–water partition coefficient (Wildman–Crippen LogP) is 1.92. The van der Waals surface area contributed by atoms with Crippen LogP contribution < -0.4 is 5.32 Å². The lowest BCUT2D eigenvalue weighted by Gasteiger charge is -2.23. The van der Waals surface area contributed by atoms with Crippen molar-refractivity contribution in [2.75, 3.05) is 6.54 Å². The number of phenols is 2. The molecule has 88 valence electrons. The van der Waals surface area contributed by atoms with E-state index in [1.807, 2.05) is 0 Å². The fourth-order valence-electron chi connectivity index (χ4n) is 2.12. The molecule has 1 unspecified atom stereocenters. The van der Waals surface area contributed by atoms with Gasteiger partial charge in [0.2, 0.25) is 0 Å². The second kappa shape index (κ2) is 4.70. The first-order valence-electron chi connectivity index (χ1n) is 5.61. The maximum atomic E-state index is 13.6. The highest BCUT2D eigenvalue weighted by atomic mass is 19.1. The first kappa shape index (κ1) is 11.2. The third-order valence-electron chi connectivity index (χ3n) is 3.05. The van der Waals surface area contributed by atoms with Crippen LogP contribution in [-0.4, -0.2) is 22.8 Å². The van der Waals surface area contributed by atoms with Crippen molar-refractivity contribution >= 4 is 0 Å². The fourth-order valence-corrected chi connectivity index (χ4v) is 2.12. The lowest BCUT2D eigenvalue weighted by atomic mass is 9.97. The number of aromatic hydroxyl groups is 2. The van der Waals surface area contributed by atoms with Crippen molar-refractivity contribution in [1.82, 2.24) is 5.32 Å². The van der Waals surface area contributed by atoms with E-state index < -0.39 is 17.3 Å². The summed E-state index contributed by atoms with van der Waals surface area (Å²) in [7, 11) is 0. The third kappa shape index (κ3) is 2.27. The summed E-state index contributed by atoms with van der Waals surface area (Å²) in [4.78, 5) is 0. The number of rotatable bonds is 2. The van der Waals surface area contributed by atoms with Crippen LogP contribution >= 0.6 is 0 Å². The van der Waals surface area contributed by atoms with Gasteiger partial charge in [-0.25, -0.2) is 4.39 Å². The van der Waals surface area contributed by atoms with Crippen LogP contribution in [0.4, 0.5) is 4.39 Å². The maximum absolute atomic E-state index is 13.6. The van der Waals surface area contributed by atoms with E-state index in [4.69, 9.17) is 5.11 Å². The molecule has 1 aromatic carbocycles. The third-order valence-corrected chi connectivity index (χ3v) is 3.05. The Morgan fingerprint density at radius 1 is 1.31 bits per heavy atom. The summed E-state index contributed by atoms with van der Waals surface area (Å²) in [5, 5.41) is 21.7. The topological polar surface area (TPSA) is 52.5 Å². The summed E-state index contributed by atoms with van der Waals surface area (Å²) < 4.78 is 13.6. The lowest BCUT2D eigenvalue weighted by molar-refractivity contribution is 0.368. The molecule has 1 aliphatic rings. The van der Waals surface area contributed by atoms with Crippen molar-refractivity contribution < 1.29 is 14.6 Å². The average Bonchev–Trinajstić information content (AvgIpc) is 2.31. The Morgan fingerprint density at radius 3 is 2.81 bits per heavy atom. The van der Waals surface area contributed by atoms with Crippen molar-refractivity contribution in [3.63, 3.8) is 0 Å². The summed E-state index contributed by atoms with van der Waals surface area (Å²) in [5.74, 6) is -1.75. The molecule has 0 radical (unpaired) electrons. The Bertz CT molecular complexity index is 376. The number of piperidine rings is 1. The quantitative estimate of drug-likeness (QED) is 0.674. The summed E-state index contributed by atoms with van der Waals surface area (Å²) in [5.41, 5.74) is 0.453. The Kier molecular flexibility index (Phi) is 3.29. The molecule has 1 atom stereocenters. The molecular formula is C12H16FNO2. The molecule has 3 N–H and O–H groups in total. The molecule has 0 saturated carbocycles. The Labute approximate surface area is 93.9 Å². The average molecular weight is 225 g/mol. The van der Waals surface area contributed by atoms with Crippen molar-refractivity contribution in [3.8, 4) is 11.5 Å². The van der Waals surface area contributed by atoms with Crippen LogP contribution in [0.2, 0.25) is 0 Å². The molecule has 3 nitrogen and oxygen atoms in total. The van der Waals surface area contributed by atoms with Crippen LogP contribution in [-0.2, 0) is 6.42 Å². The van der Waals surface area contributed by atoms with Gasteiger partial charge in [-0.05, 0) is 37.4 Å². The molecule has 2 rings (SSSR count). The van der Waals surface area contributed by atoms with Gasteiger partial charge < -0.3 is 15.5 Å². The highest BCUT2D eigenvalue weighted by molar-refractivity contribution is 5.42. The van der Waals surface area contributed by atoms with Gasteiger partial charge in [0.05, 0.1) is 0 Å². The zero-order valence-corrected chi connectivity index (χ0v) is 9.04. The van der Waals surface area contributed by atoms with E-state index >= 15 is 0 Å². The largest absolute Gasteiger partial charge is 0.504 e. The van der Waals surface area contributed by atoms with Gasteiger partial charge in [-0.1, -0.05) is 12.5 Å². The highest BCUT2D eigenvalue weighted by Gasteiger charge is 2.17. The second-order valence-electron chi connectivity index (χ2n) is 4.26. The molecule has 0 aliphatic carbocycles. The molecule has 0 aromatic heterocycles. The van der Waals surface area contributed by atoms with E-state index in [9.17, 15) is 9.50 Å². The smallest absolute Gasteiger partial charge is 0.194 e. The fraction of sp³-hybridized carbons (Fsp3) is 0.500. The van der Waals surface area contributed by atoms with E-state index in [-0.39, 0.29) is 6.04 Å². The minimum atomic E-state index is -0.702. The van der Waals surface area contributed by atoms with E-state index in [0.29, 0.717) is 12.0 Å². The van der Waals surface area contributed by atoms with Crippen LogP contribution in [0, 0.1) is 5.82 Å². The van der Waals surface area contributed by atoms with Crippen LogP contribution in [0.15, 0.2) is 12.1 Å². The summed E-state index contributed by atoms with van der Waals surface area (Å²) in [6, 6.07) is 3.13. The van der Waals surface area contributed by atoms with Crippen molar-refractivity contribution in [3.05, 3.63) is 23.5 Å².